The minimum atomic E-state index is 0.787. The smallest absolute Gasteiger partial charge is 0.0505 e. The van der Waals surface area contributed by atoms with Crippen molar-refractivity contribution in [3.8, 4) is 11.1 Å². The van der Waals surface area contributed by atoms with Gasteiger partial charge in [-0.3, -0.25) is 9.80 Å². The zero-order chi connectivity index (χ0) is 29.2. The average molecular weight is 611 g/mol. The Morgan fingerprint density at radius 2 is 1.02 bits per heavy atom. The first-order valence-corrected chi connectivity index (χ1v) is 16.0. The van der Waals surface area contributed by atoms with E-state index in [1.54, 1.807) is 0 Å². The van der Waals surface area contributed by atoms with Crippen LogP contribution < -0.4 is 9.80 Å². The number of anilines is 2. The summed E-state index contributed by atoms with van der Waals surface area (Å²) in [5.41, 5.74) is 9.33. The van der Waals surface area contributed by atoms with Gasteiger partial charge >= 0.3 is 0 Å². The van der Waals surface area contributed by atoms with Gasteiger partial charge in [-0.1, -0.05) is 59.6 Å². The molecular formula is C36H37Cl2N5. The van der Waals surface area contributed by atoms with Gasteiger partial charge in [0.2, 0.25) is 0 Å². The summed E-state index contributed by atoms with van der Waals surface area (Å²) >= 11 is 12.3. The van der Waals surface area contributed by atoms with Crippen LogP contribution in [0.5, 0.6) is 0 Å². The van der Waals surface area contributed by atoms with Gasteiger partial charge < -0.3 is 14.2 Å². The molecule has 0 radical (unpaired) electrons. The van der Waals surface area contributed by atoms with E-state index < -0.39 is 0 Å². The SMILES string of the molecule is Clc1ccc(N2CCN(Cc3c(-c4ccccc4)c(CN4CCN(c5ccc(Cl)cc5)CC4)n4ccccc34)CC2)cc1. The molecule has 4 heterocycles. The summed E-state index contributed by atoms with van der Waals surface area (Å²) in [5, 5.41) is 1.57. The van der Waals surface area contributed by atoms with E-state index in [0.717, 1.165) is 75.5 Å². The Kier molecular flexibility index (Phi) is 8.31. The van der Waals surface area contributed by atoms with Crippen LogP contribution in [0.2, 0.25) is 10.0 Å². The van der Waals surface area contributed by atoms with Gasteiger partial charge in [0.05, 0.1) is 5.52 Å². The summed E-state index contributed by atoms with van der Waals surface area (Å²) in [6.07, 6.45) is 2.25. The summed E-state index contributed by atoms with van der Waals surface area (Å²) in [5.74, 6) is 0. The number of nitrogens with zero attached hydrogens (tertiary/aromatic N) is 5. The average Bonchev–Trinajstić information content (AvgIpc) is 3.35. The second-order valence-corrected chi connectivity index (χ2v) is 12.5. The number of benzene rings is 3. The predicted octanol–water partition coefficient (Wildman–Crippen LogP) is 7.56. The lowest BCUT2D eigenvalue weighted by atomic mass is 9.99. The van der Waals surface area contributed by atoms with Crippen molar-refractivity contribution >= 4 is 40.1 Å². The molecule has 7 rings (SSSR count). The van der Waals surface area contributed by atoms with Crippen LogP contribution in [0.1, 0.15) is 11.3 Å². The van der Waals surface area contributed by atoms with Gasteiger partial charge in [0.15, 0.2) is 0 Å². The van der Waals surface area contributed by atoms with E-state index in [0.29, 0.717) is 0 Å². The van der Waals surface area contributed by atoms with Crippen LogP contribution in [0.25, 0.3) is 16.6 Å². The molecule has 0 spiro atoms. The molecule has 2 aromatic heterocycles. The number of rotatable bonds is 7. The molecule has 0 aliphatic carbocycles. The van der Waals surface area contributed by atoms with Crippen molar-refractivity contribution in [3.63, 3.8) is 0 Å². The number of hydrogen-bond acceptors (Lipinski definition) is 4. The zero-order valence-electron chi connectivity index (χ0n) is 24.4. The summed E-state index contributed by atoms with van der Waals surface area (Å²) in [6.45, 7) is 10.0. The highest BCUT2D eigenvalue weighted by atomic mass is 35.5. The Morgan fingerprint density at radius 1 is 0.512 bits per heavy atom. The Hall–Kier alpha value is -3.48. The zero-order valence-corrected chi connectivity index (χ0v) is 25.9. The maximum Gasteiger partial charge on any atom is 0.0505 e. The van der Waals surface area contributed by atoms with Gasteiger partial charge in [-0.05, 0) is 71.8 Å². The molecule has 5 nitrogen and oxygen atoms in total. The molecule has 2 saturated heterocycles. The molecule has 0 bridgehead atoms. The van der Waals surface area contributed by atoms with Crippen LogP contribution in [-0.2, 0) is 13.1 Å². The van der Waals surface area contributed by atoms with Crippen molar-refractivity contribution in [1.82, 2.24) is 14.2 Å². The van der Waals surface area contributed by atoms with E-state index >= 15 is 0 Å². The number of fused-ring (bicyclic) bond motifs is 1. The highest BCUT2D eigenvalue weighted by Crippen LogP contribution is 2.36. The number of hydrogen-bond donors (Lipinski definition) is 0. The molecular weight excluding hydrogens is 573 g/mol. The second kappa shape index (κ2) is 12.6. The molecule has 43 heavy (non-hydrogen) atoms. The van der Waals surface area contributed by atoms with Crippen LogP contribution in [-0.4, -0.2) is 66.6 Å². The molecule has 0 atom stereocenters. The van der Waals surface area contributed by atoms with E-state index in [4.69, 9.17) is 23.2 Å². The third-order valence-corrected chi connectivity index (χ3v) is 9.50. The van der Waals surface area contributed by atoms with Gasteiger partial charge in [-0.25, -0.2) is 0 Å². The van der Waals surface area contributed by atoms with Crippen LogP contribution in [0.15, 0.2) is 103 Å². The molecule has 2 aliphatic rings. The van der Waals surface area contributed by atoms with Crippen LogP contribution in [0.3, 0.4) is 0 Å². The fourth-order valence-electron chi connectivity index (χ4n) is 6.68. The lowest BCUT2D eigenvalue weighted by molar-refractivity contribution is 0.246. The molecule has 2 aliphatic heterocycles. The van der Waals surface area contributed by atoms with Gasteiger partial charge in [0.1, 0.15) is 0 Å². The van der Waals surface area contributed by atoms with Crippen molar-refractivity contribution in [1.29, 1.82) is 0 Å². The lowest BCUT2D eigenvalue weighted by Gasteiger charge is -2.36. The van der Waals surface area contributed by atoms with E-state index in [1.165, 1.54) is 39.3 Å². The summed E-state index contributed by atoms with van der Waals surface area (Å²) in [7, 11) is 0. The summed E-state index contributed by atoms with van der Waals surface area (Å²) < 4.78 is 2.45. The Bertz CT molecular complexity index is 1550. The van der Waals surface area contributed by atoms with Gasteiger partial charge in [-0.2, -0.15) is 0 Å². The summed E-state index contributed by atoms with van der Waals surface area (Å²) in [4.78, 5) is 10.2. The number of halogens is 2. The largest absolute Gasteiger partial charge is 0.369 e. The maximum atomic E-state index is 6.14. The molecule has 220 valence electrons. The molecule has 7 heteroatoms. The molecule has 0 unspecified atom stereocenters. The van der Waals surface area contributed by atoms with E-state index in [2.05, 4.69) is 103 Å². The lowest BCUT2D eigenvalue weighted by Crippen LogP contribution is -2.46. The Labute approximate surface area is 264 Å². The van der Waals surface area contributed by atoms with Gasteiger partial charge in [0.25, 0.3) is 0 Å². The quantitative estimate of drug-likeness (QED) is 0.189. The highest BCUT2D eigenvalue weighted by molar-refractivity contribution is 6.30. The van der Waals surface area contributed by atoms with Gasteiger partial charge in [0, 0.05) is 104 Å². The van der Waals surface area contributed by atoms with Crippen molar-refractivity contribution in [3.05, 3.63) is 125 Å². The van der Waals surface area contributed by atoms with Crippen LogP contribution in [0.4, 0.5) is 11.4 Å². The molecule has 0 N–H and O–H groups in total. The number of piperazine rings is 2. The van der Waals surface area contributed by atoms with Crippen LogP contribution in [0, 0.1) is 0 Å². The standard InChI is InChI=1S/C36H37Cl2N5/c37-29-9-13-31(14-10-29)41-22-18-39(19-23-41)26-33-34-8-4-5-17-43(34)35(36(33)28-6-2-1-3-7-28)27-40-20-24-42(25-21-40)32-15-11-30(38)12-16-32/h1-17H,18-27H2. The molecule has 0 amide bonds. The monoisotopic (exact) mass is 609 g/mol. The third kappa shape index (κ3) is 6.13. The molecule has 2 fully saturated rings. The first-order chi connectivity index (χ1) is 21.1. The second-order valence-electron chi connectivity index (χ2n) is 11.6. The van der Waals surface area contributed by atoms with Crippen molar-refractivity contribution < 1.29 is 0 Å². The topological polar surface area (TPSA) is 17.4 Å². The first kappa shape index (κ1) is 28.3. The van der Waals surface area contributed by atoms with Crippen molar-refractivity contribution in [2.24, 2.45) is 0 Å². The Morgan fingerprint density at radius 3 is 1.58 bits per heavy atom. The molecule has 5 aromatic rings. The molecule has 0 saturated carbocycles. The van der Waals surface area contributed by atoms with E-state index in [1.807, 2.05) is 24.3 Å². The Balaban J connectivity index is 1.14. The van der Waals surface area contributed by atoms with Crippen molar-refractivity contribution in [2.45, 2.75) is 13.1 Å². The predicted molar refractivity (Wildman–Crippen MR) is 181 cm³/mol. The minimum absolute atomic E-state index is 0.787. The third-order valence-electron chi connectivity index (χ3n) is 9.00. The number of aromatic nitrogens is 1. The van der Waals surface area contributed by atoms with E-state index in [-0.39, 0.29) is 0 Å². The highest BCUT2D eigenvalue weighted by Gasteiger charge is 2.26. The number of pyridine rings is 1. The fraction of sp³-hybridized carbons (Fsp3) is 0.278. The van der Waals surface area contributed by atoms with Crippen molar-refractivity contribution in [2.75, 3.05) is 62.2 Å². The minimum Gasteiger partial charge on any atom is -0.369 e. The first-order valence-electron chi connectivity index (χ1n) is 15.2. The maximum absolute atomic E-state index is 6.14. The summed E-state index contributed by atoms with van der Waals surface area (Å²) in [6, 6.07) is 34.1. The normalized spacial score (nSPS) is 16.7. The molecule has 3 aromatic carbocycles. The van der Waals surface area contributed by atoms with Gasteiger partial charge in [-0.15, -0.1) is 0 Å². The fourth-order valence-corrected chi connectivity index (χ4v) is 6.93. The van der Waals surface area contributed by atoms with Crippen LogP contribution >= 0.6 is 23.2 Å². The van der Waals surface area contributed by atoms with E-state index in [9.17, 15) is 0 Å².